The Morgan fingerprint density at radius 3 is 1.55 bits per heavy atom. The minimum Gasteiger partial charge on any atom is -0.287 e. The standard InChI is InChI=1S/C15H33O4P/c1-4-7-8-9-10-11-12-15-19-20(16,17-13-5-2)18-14-6-3/h4-15H2,1-3H3. The van der Waals surface area contributed by atoms with Crippen LogP contribution in [-0.4, -0.2) is 19.8 Å². The molecule has 0 bridgehead atoms. The van der Waals surface area contributed by atoms with Crippen LogP contribution in [0.2, 0.25) is 0 Å². The monoisotopic (exact) mass is 308 g/mol. The van der Waals surface area contributed by atoms with Crippen molar-refractivity contribution in [3.05, 3.63) is 0 Å². The Balaban J connectivity index is 3.70. The number of hydrogen-bond donors (Lipinski definition) is 0. The van der Waals surface area contributed by atoms with E-state index in [1.165, 1.54) is 32.1 Å². The summed E-state index contributed by atoms with van der Waals surface area (Å²) in [6.45, 7) is 7.45. The first-order valence-electron chi connectivity index (χ1n) is 8.22. The number of phosphoric ester groups is 1. The van der Waals surface area contributed by atoms with Crippen molar-refractivity contribution in [2.24, 2.45) is 0 Å². The topological polar surface area (TPSA) is 44.8 Å². The van der Waals surface area contributed by atoms with Crippen LogP contribution in [0.3, 0.4) is 0 Å². The Labute approximate surface area is 125 Å². The van der Waals surface area contributed by atoms with Crippen LogP contribution in [0.5, 0.6) is 0 Å². The number of unbranched alkanes of at least 4 members (excludes halogenated alkanes) is 6. The highest BCUT2D eigenvalue weighted by atomic mass is 31.2. The van der Waals surface area contributed by atoms with Crippen LogP contribution >= 0.6 is 7.82 Å². The second-order valence-corrected chi connectivity index (χ2v) is 6.74. The Morgan fingerprint density at radius 1 is 0.600 bits per heavy atom. The van der Waals surface area contributed by atoms with Crippen molar-refractivity contribution in [1.29, 1.82) is 0 Å². The molecule has 0 aromatic rings. The van der Waals surface area contributed by atoms with Crippen LogP contribution in [0.25, 0.3) is 0 Å². The molecule has 122 valence electrons. The predicted molar refractivity (Wildman–Crippen MR) is 84.0 cm³/mol. The van der Waals surface area contributed by atoms with Gasteiger partial charge in [-0.2, -0.15) is 0 Å². The summed E-state index contributed by atoms with van der Waals surface area (Å²) in [5, 5.41) is 0. The fourth-order valence-electron chi connectivity index (χ4n) is 1.75. The summed E-state index contributed by atoms with van der Waals surface area (Å²) in [7, 11) is -3.32. The highest BCUT2D eigenvalue weighted by molar-refractivity contribution is 7.48. The average molecular weight is 308 g/mol. The van der Waals surface area contributed by atoms with Crippen LogP contribution in [-0.2, 0) is 18.1 Å². The molecule has 0 aliphatic rings. The maximum Gasteiger partial charge on any atom is 0.474 e. The molecule has 0 aromatic heterocycles. The Kier molecular flexibility index (Phi) is 14.1. The Hall–Kier alpha value is 0.110. The van der Waals surface area contributed by atoms with E-state index in [1.807, 2.05) is 13.8 Å². The van der Waals surface area contributed by atoms with Crippen molar-refractivity contribution < 1.29 is 18.1 Å². The lowest BCUT2D eigenvalue weighted by atomic mass is 10.1. The molecule has 0 aliphatic carbocycles. The Bertz CT molecular complexity index is 234. The summed E-state index contributed by atoms with van der Waals surface area (Å²) >= 11 is 0. The summed E-state index contributed by atoms with van der Waals surface area (Å²) in [6, 6.07) is 0. The van der Waals surface area contributed by atoms with E-state index < -0.39 is 7.82 Å². The molecule has 0 saturated carbocycles. The van der Waals surface area contributed by atoms with Crippen molar-refractivity contribution in [3.63, 3.8) is 0 Å². The van der Waals surface area contributed by atoms with E-state index in [2.05, 4.69) is 6.92 Å². The number of phosphoric acid groups is 1. The van der Waals surface area contributed by atoms with Crippen molar-refractivity contribution in [2.75, 3.05) is 19.8 Å². The number of rotatable bonds is 15. The SMILES string of the molecule is CCCCCCCCCOP(=O)(OCCC)OCCC. The van der Waals surface area contributed by atoms with E-state index in [1.54, 1.807) is 0 Å². The van der Waals surface area contributed by atoms with Gasteiger partial charge in [0.1, 0.15) is 0 Å². The van der Waals surface area contributed by atoms with E-state index >= 15 is 0 Å². The predicted octanol–water partition coefficient (Wildman–Crippen LogP) is 5.71. The van der Waals surface area contributed by atoms with E-state index in [4.69, 9.17) is 13.6 Å². The summed E-state index contributed by atoms with van der Waals surface area (Å²) in [5.74, 6) is 0. The zero-order chi connectivity index (χ0) is 15.1. The lowest BCUT2D eigenvalue weighted by molar-refractivity contribution is 0.111. The smallest absolute Gasteiger partial charge is 0.287 e. The molecular formula is C15H33O4P. The molecular weight excluding hydrogens is 275 g/mol. The highest BCUT2D eigenvalue weighted by Gasteiger charge is 2.25. The normalized spacial score (nSPS) is 11.9. The molecule has 0 atom stereocenters. The van der Waals surface area contributed by atoms with Gasteiger partial charge < -0.3 is 0 Å². The molecule has 5 heteroatoms. The van der Waals surface area contributed by atoms with Crippen molar-refractivity contribution in [3.8, 4) is 0 Å². The first kappa shape index (κ1) is 20.1. The zero-order valence-electron chi connectivity index (χ0n) is 13.6. The minimum atomic E-state index is -3.32. The maximum absolute atomic E-state index is 12.2. The molecule has 0 aliphatic heterocycles. The molecule has 0 saturated heterocycles. The Morgan fingerprint density at radius 2 is 1.05 bits per heavy atom. The van der Waals surface area contributed by atoms with Crippen molar-refractivity contribution in [1.82, 2.24) is 0 Å². The van der Waals surface area contributed by atoms with Crippen LogP contribution in [0, 0.1) is 0 Å². The summed E-state index contributed by atoms with van der Waals surface area (Å²) in [6.07, 6.45) is 10.1. The third kappa shape index (κ3) is 11.9. The molecule has 0 aromatic carbocycles. The second-order valence-electron chi connectivity index (χ2n) is 5.07. The third-order valence-electron chi connectivity index (χ3n) is 2.90. The molecule has 0 heterocycles. The molecule has 0 radical (unpaired) electrons. The second kappa shape index (κ2) is 14.1. The third-order valence-corrected chi connectivity index (χ3v) is 4.40. The molecule has 0 N–H and O–H groups in total. The molecule has 20 heavy (non-hydrogen) atoms. The quantitative estimate of drug-likeness (QED) is 0.287. The lowest BCUT2D eigenvalue weighted by Gasteiger charge is -2.17. The first-order valence-corrected chi connectivity index (χ1v) is 9.68. The fraction of sp³-hybridized carbons (Fsp3) is 1.00. The minimum absolute atomic E-state index is 0.415. The molecule has 0 fully saturated rings. The van der Waals surface area contributed by atoms with Gasteiger partial charge in [0.15, 0.2) is 0 Å². The van der Waals surface area contributed by atoms with E-state index in [0.717, 1.165) is 25.7 Å². The van der Waals surface area contributed by atoms with Crippen molar-refractivity contribution in [2.45, 2.75) is 78.6 Å². The van der Waals surface area contributed by atoms with Gasteiger partial charge in [-0.05, 0) is 19.3 Å². The van der Waals surface area contributed by atoms with Gasteiger partial charge in [0.2, 0.25) is 0 Å². The molecule has 0 amide bonds. The van der Waals surface area contributed by atoms with Crippen LogP contribution in [0.15, 0.2) is 0 Å². The van der Waals surface area contributed by atoms with Gasteiger partial charge in [0.25, 0.3) is 0 Å². The van der Waals surface area contributed by atoms with Gasteiger partial charge in [0.05, 0.1) is 19.8 Å². The first-order chi connectivity index (χ1) is 9.68. The van der Waals surface area contributed by atoms with Gasteiger partial charge >= 0.3 is 7.82 Å². The van der Waals surface area contributed by atoms with Crippen molar-refractivity contribution >= 4 is 7.82 Å². The molecule has 0 rings (SSSR count). The summed E-state index contributed by atoms with van der Waals surface area (Å²) in [5.41, 5.74) is 0. The zero-order valence-corrected chi connectivity index (χ0v) is 14.5. The maximum atomic E-state index is 12.2. The number of hydrogen-bond acceptors (Lipinski definition) is 4. The van der Waals surface area contributed by atoms with Gasteiger partial charge in [-0.25, -0.2) is 4.57 Å². The molecule has 4 nitrogen and oxygen atoms in total. The molecule has 0 spiro atoms. The average Bonchev–Trinajstić information content (AvgIpc) is 2.46. The van der Waals surface area contributed by atoms with E-state index in [-0.39, 0.29) is 0 Å². The largest absolute Gasteiger partial charge is 0.474 e. The van der Waals surface area contributed by atoms with Crippen LogP contribution < -0.4 is 0 Å². The van der Waals surface area contributed by atoms with Crippen LogP contribution in [0.4, 0.5) is 0 Å². The molecule has 0 unspecified atom stereocenters. The highest BCUT2D eigenvalue weighted by Crippen LogP contribution is 2.49. The van der Waals surface area contributed by atoms with Gasteiger partial charge in [0, 0.05) is 0 Å². The van der Waals surface area contributed by atoms with E-state index in [9.17, 15) is 4.57 Å². The summed E-state index contributed by atoms with van der Waals surface area (Å²) < 4.78 is 28.1. The van der Waals surface area contributed by atoms with E-state index in [0.29, 0.717) is 19.8 Å². The lowest BCUT2D eigenvalue weighted by Crippen LogP contribution is -2.03. The van der Waals surface area contributed by atoms with Crippen LogP contribution in [0.1, 0.15) is 78.6 Å². The van der Waals surface area contributed by atoms with Gasteiger partial charge in [-0.15, -0.1) is 0 Å². The van der Waals surface area contributed by atoms with Gasteiger partial charge in [-0.3, -0.25) is 13.6 Å². The summed E-state index contributed by atoms with van der Waals surface area (Å²) in [4.78, 5) is 0. The van der Waals surface area contributed by atoms with Gasteiger partial charge in [-0.1, -0.05) is 59.3 Å². The fourth-order valence-corrected chi connectivity index (χ4v) is 3.14.